The highest BCUT2D eigenvalue weighted by Crippen LogP contribution is 2.10. The first-order chi connectivity index (χ1) is 5.49. The van der Waals surface area contributed by atoms with Crippen molar-refractivity contribution in [3.8, 4) is 12.1 Å². The zero-order valence-electron chi connectivity index (χ0n) is 5.81. The summed E-state index contributed by atoms with van der Waals surface area (Å²) in [5, 5.41) is 17.2. The highest BCUT2D eigenvalue weighted by molar-refractivity contribution is 5.23. The summed E-state index contributed by atoms with van der Waals surface area (Å²) in [7, 11) is 0. The molecule has 0 unspecified atom stereocenters. The molecular weight excluding hydrogens is 171 g/mol. The van der Waals surface area contributed by atoms with E-state index in [0.29, 0.717) is 6.20 Å². The van der Waals surface area contributed by atoms with E-state index in [1.54, 1.807) is 6.07 Å². The molecule has 0 fully saturated rings. The van der Waals surface area contributed by atoms with E-state index < -0.39 is 6.30 Å². The molecule has 1 N–H and O–H groups in total. The lowest BCUT2D eigenvalue weighted by Crippen LogP contribution is -2.26. The highest BCUT2D eigenvalue weighted by Gasteiger charge is 2.24. The molecule has 0 aromatic heterocycles. The third-order valence-electron chi connectivity index (χ3n) is 0.823. The number of hydrogen-bond donors (Lipinski definition) is 1. The Morgan fingerprint density at radius 2 is 2.00 bits per heavy atom. The molecular formula is C6H4F3N3. The molecule has 0 spiro atoms. The number of alkyl halides is 3. The average Bonchev–Trinajstić information content (AvgIpc) is 1.96. The van der Waals surface area contributed by atoms with Crippen LogP contribution in [0.4, 0.5) is 13.2 Å². The molecule has 0 aliphatic heterocycles. The average molecular weight is 175 g/mol. The molecule has 0 aliphatic rings. The van der Waals surface area contributed by atoms with Crippen molar-refractivity contribution in [3.63, 3.8) is 0 Å². The molecule has 0 saturated carbocycles. The van der Waals surface area contributed by atoms with E-state index in [4.69, 9.17) is 10.5 Å². The van der Waals surface area contributed by atoms with Crippen molar-refractivity contribution in [2.24, 2.45) is 0 Å². The van der Waals surface area contributed by atoms with E-state index >= 15 is 0 Å². The second kappa shape index (κ2) is 4.24. The highest BCUT2D eigenvalue weighted by atomic mass is 19.4. The van der Waals surface area contributed by atoms with Gasteiger partial charge in [-0.2, -0.15) is 23.7 Å². The third-order valence-corrected chi connectivity index (χ3v) is 0.823. The Bertz CT molecular complexity index is 253. The van der Waals surface area contributed by atoms with Gasteiger partial charge in [0.25, 0.3) is 0 Å². The van der Waals surface area contributed by atoms with Crippen molar-refractivity contribution in [3.05, 3.63) is 11.8 Å². The Labute approximate surface area is 66.7 Å². The van der Waals surface area contributed by atoms with Gasteiger partial charge in [-0.3, -0.25) is 0 Å². The van der Waals surface area contributed by atoms with Crippen LogP contribution in [0, 0.1) is 22.7 Å². The van der Waals surface area contributed by atoms with Gasteiger partial charge in [-0.25, -0.2) is 0 Å². The normalized spacial score (nSPS) is 11.6. The molecule has 64 valence electrons. The van der Waals surface area contributed by atoms with Crippen molar-refractivity contribution in [1.82, 2.24) is 5.32 Å². The molecule has 12 heavy (non-hydrogen) atoms. The fraction of sp³-hybridized carbons (Fsp3) is 0.333. The Balaban J connectivity index is 4.17. The van der Waals surface area contributed by atoms with E-state index in [0.717, 1.165) is 5.32 Å². The van der Waals surface area contributed by atoms with Crippen molar-refractivity contribution in [2.75, 3.05) is 0 Å². The van der Waals surface area contributed by atoms with E-state index in [9.17, 15) is 13.2 Å². The van der Waals surface area contributed by atoms with Crippen molar-refractivity contribution >= 4 is 0 Å². The largest absolute Gasteiger partial charge is 0.481 e. The Morgan fingerprint density at radius 3 is 2.33 bits per heavy atom. The van der Waals surface area contributed by atoms with Gasteiger partial charge in [0.15, 0.2) is 0 Å². The number of hydrogen-bond acceptors (Lipinski definition) is 3. The number of nitrogens with zero attached hydrogens (tertiary/aromatic N) is 2. The van der Waals surface area contributed by atoms with Gasteiger partial charge in [0.1, 0.15) is 0 Å². The Kier molecular flexibility index (Phi) is 3.65. The van der Waals surface area contributed by atoms with Crippen LogP contribution in [0.1, 0.15) is 6.42 Å². The van der Waals surface area contributed by atoms with Crippen LogP contribution in [0.15, 0.2) is 11.8 Å². The number of allylic oxidation sites excluding steroid dienone is 1. The summed E-state index contributed by atoms with van der Waals surface area (Å²) >= 11 is 0. The van der Waals surface area contributed by atoms with Crippen LogP contribution < -0.4 is 5.32 Å². The SMILES string of the molecule is N#CCC(C#N)=CNC(F)(F)F. The predicted octanol–water partition coefficient (Wildman–Crippen LogP) is 1.42. The fourth-order valence-electron chi connectivity index (χ4n) is 0.377. The number of halogens is 3. The summed E-state index contributed by atoms with van der Waals surface area (Å²) in [5.74, 6) is 0. The minimum absolute atomic E-state index is 0.255. The second-order valence-corrected chi connectivity index (χ2v) is 1.76. The Hall–Kier alpha value is -1.69. The van der Waals surface area contributed by atoms with Gasteiger partial charge in [-0.05, 0) is 0 Å². The van der Waals surface area contributed by atoms with Crippen molar-refractivity contribution in [1.29, 1.82) is 10.5 Å². The Morgan fingerprint density at radius 1 is 1.42 bits per heavy atom. The first-order valence-electron chi connectivity index (χ1n) is 2.80. The van der Waals surface area contributed by atoms with Crippen LogP contribution in [0.3, 0.4) is 0 Å². The standard InChI is InChI=1S/C6H4F3N3/c7-6(8,9)12-4-5(3-11)1-2-10/h4,12H,1H2. The molecule has 0 atom stereocenters. The van der Waals surface area contributed by atoms with Gasteiger partial charge in [0, 0.05) is 6.20 Å². The van der Waals surface area contributed by atoms with Gasteiger partial charge in [0.2, 0.25) is 0 Å². The van der Waals surface area contributed by atoms with E-state index in [-0.39, 0.29) is 12.0 Å². The second-order valence-electron chi connectivity index (χ2n) is 1.76. The molecule has 0 amide bonds. The molecule has 0 radical (unpaired) electrons. The molecule has 0 aromatic carbocycles. The van der Waals surface area contributed by atoms with Gasteiger partial charge >= 0.3 is 6.30 Å². The zero-order valence-corrected chi connectivity index (χ0v) is 5.81. The zero-order chi connectivity index (χ0) is 9.61. The quantitative estimate of drug-likeness (QED) is 0.510. The number of nitrogens with one attached hydrogen (secondary N) is 1. The molecule has 0 aromatic rings. The molecule has 3 nitrogen and oxygen atoms in total. The monoisotopic (exact) mass is 175 g/mol. The summed E-state index contributed by atoms with van der Waals surface area (Å²) < 4.78 is 34.3. The van der Waals surface area contributed by atoms with E-state index in [1.165, 1.54) is 6.07 Å². The van der Waals surface area contributed by atoms with Crippen LogP contribution in [0.5, 0.6) is 0 Å². The van der Waals surface area contributed by atoms with Crippen LogP contribution in [0.2, 0.25) is 0 Å². The van der Waals surface area contributed by atoms with Crippen LogP contribution in [-0.2, 0) is 0 Å². The molecule has 0 heterocycles. The summed E-state index contributed by atoms with van der Waals surface area (Å²) in [6.07, 6.45) is -4.42. The minimum Gasteiger partial charge on any atom is -0.303 e. The lowest BCUT2D eigenvalue weighted by Gasteiger charge is -2.03. The minimum atomic E-state index is -4.56. The lowest BCUT2D eigenvalue weighted by atomic mass is 10.2. The molecule has 0 rings (SSSR count). The van der Waals surface area contributed by atoms with Gasteiger partial charge < -0.3 is 5.32 Å². The smallest absolute Gasteiger partial charge is 0.303 e. The summed E-state index contributed by atoms with van der Waals surface area (Å²) in [6.45, 7) is 0. The fourth-order valence-corrected chi connectivity index (χ4v) is 0.377. The number of rotatable bonds is 2. The van der Waals surface area contributed by atoms with Crippen molar-refractivity contribution in [2.45, 2.75) is 12.7 Å². The van der Waals surface area contributed by atoms with Gasteiger partial charge in [-0.1, -0.05) is 0 Å². The van der Waals surface area contributed by atoms with Crippen LogP contribution in [0.25, 0.3) is 0 Å². The van der Waals surface area contributed by atoms with E-state index in [1.807, 2.05) is 0 Å². The van der Waals surface area contributed by atoms with Gasteiger partial charge in [0.05, 0.1) is 24.1 Å². The maximum Gasteiger partial charge on any atom is 0.481 e. The third kappa shape index (κ3) is 5.12. The van der Waals surface area contributed by atoms with Crippen molar-refractivity contribution < 1.29 is 13.2 Å². The topological polar surface area (TPSA) is 59.6 Å². The molecule has 0 aliphatic carbocycles. The molecule has 0 saturated heterocycles. The molecule has 6 heteroatoms. The lowest BCUT2D eigenvalue weighted by molar-refractivity contribution is -0.146. The summed E-state index contributed by atoms with van der Waals surface area (Å²) in [5.41, 5.74) is -0.255. The van der Waals surface area contributed by atoms with Gasteiger partial charge in [-0.15, -0.1) is 0 Å². The molecule has 0 bridgehead atoms. The summed E-state index contributed by atoms with van der Waals surface area (Å²) in [6, 6.07) is 3.01. The van der Waals surface area contributed by atoms with Crippen LogP contribution in [-0.4, -0.2) is 6.30 Å². The summed E-state index contributed by atoms with van der Waals surface area (Å²) in [4.78, 5) is 0. The maximum atomic E-state index is 11.4. The first-order valence-corrected chi connectivity index (χ1v) is 2.80. The maximum absolute atomic E-state index is 11.4. The van der Waals surface area contributed by atoms with E-state index in [2.05, 4.69) is 0 Å². The predicted molar refractivity (Wildman–Crippen MR) is 33.1 cm³/mol. The number of nitriles is 2. The first kappa shape index (κ1) is 10.3. The van der Waals surface area contributed by atoms with Crippen LogP contribution >= 0.6 is 0 Å².